The fraction of sp³-hybridized carbons (Fsp3) is 0.188. The first kappa shape index (κ1) is 14.5. The predicted octanol–water partition coefficient (Wildman–Crippen LogP) is 2.82. The summed E-state index contributed by atoms with van der Waals surface area (Å²) < 4.78 is 1.92. The van der Waals surface area contributed by atoms with Gasteiger partial charge in [0.2, 0.25) is 0 Å². The number of thiazole rings is 1. The molecule has 1 N–H and O–H groups in total. The van der Waals surface area contributed by atoms with E-state index in [4.69, 9.17) is 0 Å². The van der Waals surface area contributed by atoms with Crippen molar-refractivity contribution in [1.82, 2.24) is 19.9 Å². The molecule has 0 aromatic carbocycles. The van der Waals surface area contributed by atoms with Crippen LogP contribution in [0.15, 0.2) is 48.9 Å². The third-order valence-corrected chi connectivity index (χ3v) is 4.42. The molecule has 5 nitrogen and oxygen atoms in total. The second-order valence-electron chi connectivity index (χ2n) is 4.72. The number of rotatable bonds is 5. The zero-order valence-electron chi connectivity index (χ0n) is 12.2. The van der Waals surface area contributed by atoms with Crippen LogP contribution < -0.4 is 5.32 Å². The average Bonchev–Trinajstić information content (AvgIpc) is 3.22. The summed E-state index contributed by atoms with van der Waals surface area (Å²) in [7, 11) is 0. The van der Waals surface area contributed by atoms with Gasteiger partial charge < -0.3 is 9.88 Å². The molecule has 1 amide bonds. The van der Waals surface area contributed by atoms with Crippen molar-refractivity contribution in [3.05, 3.63) is 65.2 Å². The topological polar surface area (TPSA) is 59.8 Å². The van der Waals surface area contributed by atoms with Crippen molar-refractivity contribution in [3.63, 3.8) is 0 Å². The molecule has 0 saturated carbocycles. The van der Waals surface area contributed by atoms with Gasteiger partial charge in [-0.1, -0.05) is 13.0 Å². The number of aryl methyl sites for hydroxylation is 1. The second kappa shape index (κ2) is 6.53. The molecule has 0 fully saturated rings. The maximum atomic E-state index is 12.4. The fourth-order valence-corrected chi connectivity index (χ4v) is 3.05. The van der Waals surface area contributed by atoms with Gasteiger partial charge in [0, 0.05) is 23.5 Å². The van der Waals surface area contributed by atoms with E-state index in [1.54, 1.807) is 17.5 Å². The molecule has 0 aliphatic carbocycles. The summed E-state index contributed by atoms with van der Waals surface area (Å²) in [5, 5.41) is 3.69. The average molecular weight is 312 g/mol. The quantitative estimate of drug-likeness (QED) is 0.788. The Bertz CT molecular complexity index is 750. The molecule has 112 valence electrons. The number of pyridine rings is 1. The Balaban J connectivity index is 1.77. The van der Waals surface area contributed by atoms with Crippen LogP contribution in [0.1, 0.15) is 28.0 Å². The number of carbonyl (C=O) groups excluding carboxylic acids is 1. The standard InChI is InChI=1S/C16H16N4OS/c1-2-13-14(19-16(22-13)20-9-5-6-10-20)15(21)18-11-12-7-3-4-8-17-12/h3-10H,2,11H2,1H3,(H,18,21). The Hall–Kier alpha value is -2.47. The van der Waals surface area contributed by atoms with E-state index in [1.165, 1.54) is 0 Å². The Morgan fingerprint density at radius 2 is 2.09 bits per heavy atom. The summed E-state index contributed by atoms with van der Waals surface area (Å²) in [6, 6.07) is 9.51. The van der Waals surface area contributed by atoms with E-state index in [9.17, 15) is 4.79 Å². The molecule has 22 heavy (non-hydrogen) atoms. The maximum absolute atomic E-state index is 12.4. The third-order valence-electron chi connectivity index (χ3n) is 3.20. The van der Waals surface area contributed by atoms with Crippen LogP contribution in [0.4, 0.5) is 0 Å². The van der Waals surface area contributed by atoms with Crippen molar-refractivity contribution >= 4 is 17.2 Å². The van der Waals surface area contributed by atoms with Gasteiger partial charge in [0.25, 0.3) is 5.91 Å². The molecule has 3 rings (SSSR count). The number of carbonyl (C=O) groups is 1. The van der Waals surface area contributed by atoms with E-state index < -0.39 is 0 Å². The number of hydrogen-bond donors (Lipinski definition) is 1. The summed E-state index contributed by atoms with van der Waals surface area (Å²) >= 11 is 1.54. The molecular weight excluding hydrogens is 296 g/mol. The molecule has 3 aromatic rings. The third kappa shape index (κ3) is 3.07. The largest absolute Gasteiger partial charge is 0.345 e. The van der Waals surface area contributed by atoms with Gasteiger partial charge in [-0.3, -0.25) is 9.78 Å². The van der Waals surface area contributed by atoms with Gasteiger partial charge in [-0.2, -0.15) is 0 Å². The normalized spacial score (nSPS) is 10.6. The van der Waals surface area contributed by atoms with Crippen LogP contribution >= 0.6 is 11.3 Å². The lowest BCUT2D eigenvalue weighted by atomic mass is 10.3. The Labute approximate surface area is 132 Å². The summed E-state index contributed by atoms with van der Waals surface area (Å²) in [6.45, 7) is 2.43. The van der Waals surface area contributed by atoms with E-state index in [1.807, 2.05) is 54.2 Å². The highest BCUT2D eigenvalue weighted by Gasteiger charge is 2.17. The molecule has 0 unspecified atom stereocenters. The number of hydrogen-bond acceptors (Lipinski definition) is 4. The van der Waals surface area contributed by atoms with Gasteiger partial charge in [0.15, 0.2) is 5.13 Å². The Kier molecular flexibility index (Phi) is 4.29. The predicted molar refractivity (Wildman–Crippen MR) is 86.2 cm³/mol. The highest BCUT2D eigenvalue weighted by atomic mass is 32.1. The molecule has 0 spiro atoms. The lowest BCUT2D eigenvalue weighted by Gasteiger charge is -2.03. The summed E-state index contributed by atoms with van der Waals surface area (Å²) in [6.07, 6.45) is 6.35. The van der Waals surface area contributed by atoms with Gasteiger partial charge in [0.05, 0.1) is 12.2 Å². The van der Waals surface area contributed by atoms with E-state index >= 15 is 0 Å². The van der Waals surface area contributed by atoms with Gasteiger partial charge in [-0.25, -0.2) is 4.98 Å². The molecule has 0 radical (unpaired) electrons. The Morgan fingerprint density at radius 3 is 2.77 bits per heavy atom. The van der Waals surface area contributed by atoms with Crippen LogP contribution in [0.5, 0.6) is 0 Å². The van der Waals surface area contributed by atoms with Crippen LogP contribution in [0.25, 0.3) is 5.13 Å². The van der Waals surface area contributed by atoms with E-state index in [-0.39, 0.29) is 5.91 Å². The molecule has 0 atom stereocenters. The van der Waals surface area contributed by atoms with Crippen LogP contribution in [0.3, 0.4) is 0 Å². The van der Waals surface area contributed by atoms with Gasteiger partial charge >= 0.3 is 0 Å². The minimum atomic E-state index is -0.155. The monoisotopic (exact) mass is 312 g/mol. The number of nitrogens with one attached hydrogen (secondary N) is 1. The number of amides is 1. The van der Waals surface area contributed by atoms with E-state index in [0.717, 1.165) is 22.1 Å². The highest BCUT2D eigenvalue weighted by molar-refractivity contribution is 7.14. The minimum absolute atomic E-state index is 0.155. The van der Waals surface area contributed by atoms with Gasteiger partial charge in [-0.15, -0.1) is 11.3 Å². The minimum Gasteiger partial charge on any atom is -0.345 e. The molecule has 0 saturated heterocycles. The van der Waals surface area contributed by atoms with Crippen molar-refractivity contribution in [2.24, 2.45) is 0 Å². The fourth-order valence-electron chi connectivity index (χ4n) is 2.09. The van der Waals surface area contributed by atoms with Crippen LogP contribution in [0, 0.1) is 0 Å². The number of aromatic nitrogens is 3. The molecule has 0 aliphatic rings. The molecule has 3 heterocycles. The van der Waals surface area contributed by atoms with Crippen LogP contribution in [-0.2, 0) is 13.0 Å². The smallest absolute Gasteiger partial charge is 0.271 e. The number of nitrogens with zero attached hydrogens (tertiary/aromatic N) is 3. The van der Waals surface area contributed by atoms with Gasteiger partial charge in [0.1, 0.15) is 5.69 Å². The molecule has 6 heteroatoms. The molecule has 0 aliphatic heterocycles. The Morgan fingerprint density at radius 1 is 1.27 bits per heavy atom. The zero-order valence-corrected chi connectivity index (χ0v) is 13.0. The lowest BCUT2D eigenvalue weighted by Crippen LogP contribution is -2.24. The summed E-state index contributed by atoms with van der Waals surface area (Å²) in [5.41, 5.74) is 1.34. The van der Waals surface area contributed by atoms with E-state index in [0.29, 0.717) is 12.2 Å². The van der Waals surface area contributed by atoms with Crippen molar-refractivity contribution in [2.75, 3.05) is 0 Å². The van der Waals surface area contributed by atoms with Gasteiger partial charge in [-0.05, 0) is 30.7 Å². The highest BCUT2D eigenvalue weighted by Crippen LogP contribution is 2.22. The first-order valence-corrected chi connectivity index (χ1v) is 7.90. The van der Waals surface area contributed by atoms with E-state index in [2.05, 4.69) is 15.3 Å². The van der Waals surface area contributed by atoms with Crippen molar-refractivity contribution < 1.29 is 4.79 Å². The van der Waals surface area contributed by atoms with Crippen molar-refractivity contribution in [1.29, 1.82) is 0 Å². The summed E-state index contributed by atoms with van der Waals surface area (Å²) in [5.74, 6) is -0.155. The van der Waals surface area contributed by atoms with Crippen molar-refractivity contribution in [3.8, 4) is 5.13 Å². The SMILES string of the molecule is CCc1sc(-n2cccc2)nc1C(=O)NCc1ccccn1. The summed E-state index contributed by atoms with van der Waals surface area (Å²) in [4.78, 5) is 22.0. The van der Waals surface area contributed by atoms with Crippen LogP contribution in [0.2, 0.25) is 0 Å². The first-order valence-electron chi connectivity index (χ1n) is 7.09. The molecule has 3 aromatic heterocycles. The van der Waals surface area contributed by atoms with Crippen molar-refractivity contribution in [2.45, 2.75) is 19.9 Å². The first-order chi connectivity index (χ1) is 10.8. The molecular formula is C16H16N4OS. The second-order valence-corrected chi connectivity index (χ2v) is 5.78. The van der Waals surface area contributed by atoms with Crippen LogP contribution in [-0.4, -0.2) is 20.4 Å². The maximum Gasteiger partial charge on any atom is 0.271 e. The zero-order chi connectivity index (χ0) is 15.4. The lowest BCUT2D eigenvalue weighted by molar-refractivity contribution is 0.0945. The molecule has 0 bridgehead atoms.